The topological polar surface area (TPSA) is 107 Å². The maximum absolute atomic E-state index is 11.6. The maximum Gasteiger partial charge on any atom is 0.357 e. The minimum atomic E-state index is -0.535. The van der Waals surface area contributed by atoms with E-state index in [4.69, 9.17) is 5.73 Å². The van der Waals surface area contributed by atoms with Crippen molar-refractivity contribution >= 4 is 11.9 Å². The highest BCUT2D eigenvalue weighted by atomic mass is 16.5. The number of aromatic nitrogens is 2. The largest absolute Gasteiger partial charge is 0.464 e. The van der Waals surface area contributed by atoms with Crippen molar-refractivity contribution in [3.63, 3.8) is 0 Å². The Hall–Kier alpha value is -2.02. The number of ether oxygens (including phenoxy) is 1. The van der Waals surface area contributed by atoms with Crippen LogP contribution in [-0.4, -0.2) is 29.0 Å². The van der Waals surface area contributed by atoms with E-state index in [9.17, 15) is 9.59 Å². The second-order valence-corrected chi connectivity index (χ2v) is 3.65. The zero-order chi connectivity index (χ0) is 12.4. The molecule has 0 aromatic carbocycles. The number of fused-ring (bicyclic) bond motifs is 1. The van der Waals surface area contributed by atoms with E-state index in [2.05, 4.69) is 20.0 Å². The third kappa shape index (κ3) is 2.23. The van der Waals surface area contributed by atoms with E-state index < -0.39 is 11.9 Å². The normalized spacial score (nSPS) is 13.2. The van der Waals surface area contributed by atoms with Crippen LogP contribution < -0.4 is 11.1 Å². The molecule has 0 atom stereocenters. The summed E-state index contributed by atoms with van der Waals surface area (Å²) in [5.41, 5.74) is 6.73. The molecule has 0 saturated heterocycles. The van der Waals surface area contributed by atoms with Gasteiger partial charge in [-0.15, -0.1) is 0 Å². The highest BCUT2D eigenvalue weighted by molar-refractivity contribution is 5.89. The van der Waals surface area contributed by atoms with Gasteiger partial charge in [-0.2, -0.15) is 0 Å². The van der Waals surface area contributed by atoms with Crippen molar-refractivity contribution in [1.82, 2.24) is 15.3 Å². The molecule has 17 heavy (non-hydrogen) atoms. The first-order valence-electron chi connectivity index (χ1n) is 5.08. The van der Waals surface area contributed by atoms with Crippen molar-refractivity contribution in [2.24, 2.45) is 5.73 Å². The molecule has 0 spiro atoms. The van der Waals surface area contributed by atoms with E-state index >= 15 is 0 Å². The first kappa shape index (κ1) is 11.5. The van der Waals surface area contributed by atoms with E-state index in [0.717, 1.165) is 11.3 Å². The number of primary amides is 1. The van der Waals surface area contributed by atoms with Crippen LogP contribution in [0.2, 0.25) is 0 Å². The number of methoxy groups -OCH3 is 1. The summed E-state index contributed by atoms with van der Waals surface area (Å²) >= 11 is 0. The van der Waals surface area contributed by atoms with Gasteiger partial charge in [0.25, 0.3) is 0 Å². The smallest absolute Gasteiger partial charge is 0.357 e. The molecule has 7 nitrogen and oxygen atoms in total. The van der Waals surface area contributed by atoms with Gasteiger partial charge < -0.3 is 15.8 Å². The Morgan fingerprint density at radius 1 is 1.41 bits per heavy atom. The Bertz CT molecular complexity index is 487. The Morgan fingerprint density at radius 2 is 2.18 bits per heavy atom. The predicted octanol–water partition coefficient (Wildman–Crippen LogP) is -1.11. The summed E-state index contributed by atoms with van der Waals surface area (Å²) in [7, 11) is 1.28. The standard InChI is InChI=1S/C10H12N4O3/c1-17-10(16)9-5-3-12-4-6(5)13-8(14-9)2-7(11)15/h12H,2-4H2,1H3,(H2,11,15). The molecule has 1 aliphatic heterocycles. The van der Waals surface area contributed by atoms with Crippen molar-refractivity contribution in [1.29, 1.82) is 0 Å². The summed E-state index contributed by atoms with van der Waals surface area (Å²) in [4.78, 5) is 30.6. The monoisotopic (exact) mass is 236 g/mol. The van der Waals surface area contributed by atoms with Crippen LogP contribution in [0.5, 0.6) is 0 Å². The third-order valence-corrected chi connectivity index (χ3v) is 2.44. The van der Waals surface area contributed by atoms with E-state index in [-0.39, 0.29) is 17.9 Å². The number of carbonyl (C=O) groups excluding carboxylic acids is 2. The fourth-order valence-electron chi connectivity index (χ4n) is 1.72. The first-order valence-corrected chi connectivity index (χ1v) is 5.08. The van der Waals surface area contributed by atoms with Crippen molar-refractivity contribution in [2.75, 3.05) is 7.11 Å². The molecule has 1 amide bonds. The highest BCUT2D eigenvalue weighted by Gasteiger charge is 2.23. The van der Waals surface area contributed by atoms with Crippen LogP contribution in [0.25, 0.3) is 0 Å². The number of nitrogens with zero attached hydrogens (tertiary/aromatic N) is 2. The van der Waals surface area contributed by atoms with Crippen LogP contribution in [-0.2, 0) is 29.0 Å². The average Bonchev–Trinajstić information content (AvgIpc) is 2.74. The molecule has 90 valence electrons. The molecule has 2 heterocycles. The van der Waals surface area contributed by atoms with E-state index in [1.807, 2.05) is 0 Å². The lowest BCUT2D eigenvalue weighted by Crippen LogP contribution is -2.19. The second-order valence-electron chi connectivity index (χ2n) is 3.65. The van der Waals surface area contributed by atoms with Gasteiger partial charge in [-0.05, 0) is 0 Å². The van der Waals surface area contributed by atoms with Gasteiger partial charge in [-0.3, -0.25) is 4.79 Å². The van der Waals surface area contributed by atoms with Crippen LogP contribution in [0, 0.1) is 0 Å². The molecule has 0 unspecified atom stereocenters. The fraction of sp³-hybridized carbons (Fsp3) is 0.400. The molecular weight excluding hydrogens is 224 g/mol. The first-order chi connectivity index (χ1) is 8.11. The molecular formula is C10H12N4O3. The molecule has 0 fully saturated rings. The van der Waals surface area contributed by atoms with Crippen molar-refractivity contribution in [3.05, 3.63) is 22.8 Å². The summed E-state index contributed by atoms with van der Waals surface area (Å²) in [5, 5.41) is 3.06. The van der Waals surface area contributed by atoms with Crippen molar-refractivity contribution in [3.8, 4) is 0 Å². The fourth-order valence-corrected chi connectivity index (χ4v) is 1.72. The number of nitrogens with one attached hydrogen (secondary N) is 1. The lowest BCUT2D eigenvalue weighted by molar-refractivity contribution is -0.117. The van der Waals surface area contributed by atoms with Crippen molar-refractivity contribution in [2.45, 2.75) is 19.5 Å². The van der Waals surface area contributed by atoms with Crippen LogP contribution >= 0.6 is 0 Å². The Morgan fingerprint density at radius 3 is 2.82 bits per heavy atom. The van der Waals surface area contributed by atoms with Crippen LogP contribution in [0.15, 0.2) is 0 Å². The molecule has 0 bridgehead atoms. The minimum absolute atomic E-state index is 0.0860. The van der Waals surface area contributed by atoms with E-state index in [0.29, 0.717) is 13.1 Å². The van der Waals surface area contributed by atoms with Gasteiger partial charge in [-0.25, -0.2) is 14.8 Å². The number of hydrogen-bond donors (Lipinski definition) is 2. The number of hydrogen-bond acceptors (Lipinski definition) is 6. The van der Waals surface area contributed by atoms with Crippen LogP contribution in [0.3, 0.4) is 0 Å². The summed E-state index contributed by atoms with van der Waals surface area (Å²) in [6.45, 7) is 1.07. The zero-order valence-electron chi connectivity index (χ0n) is 9.32. The summed E-state index contributed by atoms with van der Waals surface area (Å²) in [6, 6.07) is 0. The van der Waals surface area contributed by atoms with Gasteiger partial charge in [0.1, 0.15) is 5.82 Å². The second kappa shape index (κ2) is 4.46. The summed E-state index contributed by atoms with van der Waals surface area (Å²) in [6.07, 6.45) is -0.0860. The third-order valence-electron chi connectivity index (χ3n) is 2.44. The molecule has 1 aromatic rings. The number of rotatable bonds is 3. The molecule has 7 heteroatoms. The Labute approximate surface area is 97.4 Å². The molecule has 1 aliphatic rings. The number of nitrogens with two attached hydrogens (primary N) is 1. The molecule has 0 aliphatic carbocycles. The SMILES string of the molecule is COC(=O)c1nc(CC(N)=O)nc2c1CNC2. The Kier molecular flexibility index (Phi) is 3.01. The molecule has 0 radical (unpaired) electrons. The van der Waals surface area contributed by atoms with E-state index in [1.54, 1.807) is 0 Å². The number of amides is 1. The van der Waals surface area contributed by atoms with Crippen molar-refractivity contribution < 1.29 is 14.3 Å². The average molecular weight is 236 g/mol. The number of carbonyl (C=O) groups is 2. The maximum atomic E-state index is 11.6. The molecule has 2 rings (SSSR count). The quantitative estimate of drug-likeness (QED) is 0.645. The lowest BCUT2D eigenvalue weighted by atomic mass is 10.2. The van der Waals surface area contributed by atoms with Gasteiger partial charge in [0.2, 0.25) is 5.91 Å². The van der Waals surface area contributed by atoms with Gasteiger partial charge in [0, 0.05) is 18.7 Å². The van der Waals surface area contributed by atoms with Crippen LogP contribution in [0.4, 0.5) is 0 Å². The lowest BCUT2D eigenvalue weighted by Gasteiger charge is -2.06. The minimum Gasteiger partial charge on any atom is -0.464 e. The van der Waals surface area contributed by atoms with Gasteiger partial charge in [0.15, 0.2) is 5.69 Å². The summed E-state index contributed by atoms with van der Waals surface area (Å²) < 4.78 is 4.65. The van der Waals surface area contributed by atoms with E-state index in [1.165, 1.54) is 7.11 Å². The van der Waals surface area contributed by atoms with Gasteiger partial charge >= 0.3 is 5.97 Å². The highest BCUT2D eigenvalue weighted by Crippen LogP contribution is 2.17. The van der Waals surface area contributed by atoms with Crippen LogP contribution in [0.1, 0.15) is 27.6 Å². The van der Waals surface area contributed by atoms with Gasteiger partial charge in [0.05, 0.1) is 19.2 Å². The zero-order valence-corrected chi connectivity index (χ0v) is 9.32. The predicted molar refractivity (Wildman–Crippen MR) is 56.8 cm³/mol. The Balaban J connectivity index is 2.45. The van der Waals surface area contributed by atoms with Gasteiger partial charge in [-0.1, -0.05) is 0 Å². The summed E-state index contributed by atoms with van der Waals surface area (Å²) in [5.74, 6) is -0.815. The molecule has 3 N–H and O–H groups in total. The number of esters is 1. The molecule has 1 aromatic heterocycles. The molecule has 0 saturated carbocycles.